The molecule has 6 rings (SSSR count). The molecule has 5 aromatic carbocycles. The Morgan fingerprint density at radius 3 is 2.02 bits per heavy atom. The van der Waals surface area contributed by atoms with Gasteiger partial charge < -0.3 is 9.84 Å². The summed E-state index contributed by atoms with van der Waals surface area (Å²) < 4.78 is 24.2. The Morgan fingerprint density at radius 1 is 0.750 bits per heavy atom. The van der Waals surface area contributed by atoms with Crippen LogP contribution >= 0.6 is 0 Å². The first-order valence-corrected chi connectivity index (χ1v) is 15.6. The second-order valence-corrected chi connectivity index (χ2v) is 11.5. The molecule has 0 aliphatic carbocycles. The summed E-state index contributed by atoms with van der Waals surface area (Å²) in [7, 11) is 0. The Kier molecular flexibility index (Phi) is 10.2. The van der Waals surface area contributed by atoms with Crippen LogP contribution in [0.4, 0.5) is 4.39 Å². The van der Waals surface area contributed by atoms with E-state index in [1.807, 2.05) is 78.9 Å². The first-order valence-electron chi connectivity index (χ1n) is 15.6. The van der Waals surface area contributed by atoms with E-state index in [0.29, 0.717) is 19.0 Å². The topological polar surface area (TPSA) is 109 Å². The summed E-state index contributed by atoms with van der Waals surface area (Å²) in [6, 6.07) is 37.4. The summed E-state index contributed by atoms with van der Waals surface area (Å²) in [4.78, 5) is 27.6. The maximum absolute atomic E-state index is 13.3. The first-order chi connectivity index (χ1) is 23.4. The number of carbonyl (C=O) groups is 1. The molecule has 1 heterocycles. The highest BCUT2D eigenvalue weighted by Gasteiger charge is 2.12. The number of aromatic amines is 1. The molecule has 9 heteroatoms. The average molecular weight is 644 g/mol. The molecule has 0 aliphatic heterocycles. The standard InChI is InChI=1S/C39H34FN3O5/c40-35-19-17-31(18-20-35)30-11-9-29(10-12-30)26-47-36-4-2-1-3-32(36)22-24-43(25-28-7-15-34(16-8-28)38(44)45)23-21-27-5-13-33(14-6-27)37-41-39(46)48-42-37/h1-20H,21-26H2,(H,44,45)(H,41,42,46). The average Bonchev–Trinajstić information content (AvgIpc) is 3.56. The fourth-order valence-electron chi connectivity index (χ4n) is 5.48. The number of H-pyrrole nitrogens is 1. The molecule has 0 radical (unpaired) electrons. The molecular weight excluding hydrogens is 609 g/mol. The zero-order valence-electron chi connectivity index (χ0n) is 26.1. The van der Waals surface area contributed by atoms with Gasteiger partial charge >= 0.3 is 11.7 Å². The molecule has 0 fully saturated rings. The van der Waals surface area contributed by atoms with Gasteiger partial charge in [0.1, 0.15) is 18.2 Å². The Labute approximate surface area is 277 Å². The molecule has 0 saturated carbocycles. The molecule has 0 bridgehead atoms. The number of nitrogens with zero attached hydrogens (tertiary/aromatic N) is 2. The smallest absolute Gasteiger partial charge is 0.439 e. The lowest BCUT2D eigenvalue weighted by molar-refractivity contribution is 0.0697. The van der Waals surface area contributed by atoms with Crippen molar-refractivity contribution in [3.63, 3.8) is 0 Å². The number of carboxylic acids is 1. The first kappa shape index (κ1) is 32.2. The van der Waals surface area contributed by atoms with E-state index in [2.05, 4.69) is 25.6 Å². The van der Waals surface area contributed by atoms with Gasteiger partial charge in [0.25, 0.3) is 0 Å². The molecule has 0 unspecified atom stereocenters. The van der Waals surface area contributed by atoms with Gasteiger partial charge in [0.05, 0.1) is 5.56 Å². The molecule has 48 heavy (non-hydrogen) atoms. The molecule has 0 amide bonds. The van der Waals surface area contributed by atoms with Crippen LogP contribution in [0.25, 0.3) is 22.5 Å². The number of benzene rings is 5. The SMILES string of the molecule is O=C(O)c1ccc(CN(CCc2ccc(-c3noc(=O)[nH]3)cc2)CCc2ccccc2OCc2ccc(-c3ccc(F)cc3)cc2)cc1. The molecule has 0 atom stereocenters. The number of aromatic carboxylic acids is 1. The highest BCUT2D eigenvalue weighted by atomic mass is 19.1. The number of nitrogens with one attached hydrogen (secondary N) is 1. The van der Waals surface area contributed by atoms with E-state index in [4.69, 9.17) is 4.74 Å². The third kappa shape index (κ3) is 8.51. The van der Waals surface area contributed by atoms with Gasteiger partial charge in [0.2, 0.25) is 0 Å². The lowest BCUT2D eigenvalue weighted by atomic mass is 10.0. The van der Waals surface area contributed by atoms with Crippen LogP contribution in [0.15, 0.2) is 131 Å². The summed E-state index contributed by atoms with van der Waals surface area (Å²) in [5.41, 5.74) is 7.27. The van der Waals surface area contributed by atoms with Crippen LogP contribution in [0.3, 0.4) is 0 Å². The molecule has 1 aromatic heterocycles. The van der Waals surface area contributed by atoms with Gasteiger partial charge in [-0.2, -0.15) is 0 Å². The summed E-state index contributed by atoms with van der Waals surface area (Å²) in [5.74, 6) is -0.578. The molecule has 2 N–H and O–H groups in total. The Morgan fingerprint density at radius 2 is 1.35 bits per heavy atom. The van der Waals surface area contributed by atoms with Crippen LogP contribution in [0.1, 0.15) is 32.6 Å². The van der Waals surface area contributed by atoms with Gasteiger partial charge in [-0.3, -0.25) is 14.4 Å². The number of hydrogen-bond acceptors (Lipinski definition) is 6. The van der Waals surface area contributed by atoms with Gasteiger partial charge in [0, 0.05) is 25.2 Å². The normalized spacial score (nSPS) is 11.1. The van der Waals surface area contributed by atoms with E-state index < -0.39 is 11.7 Å². The van der Waals surface area contributed by atoms with Crippen molar-refractivity contribution >= 4 is 5.97 Å². The van der Waals surface area contributed by atoms with E-state index >= 15 is 0 Å². The van der Waals surface area contributed by atoms with E-state index in [-0.39, 0.29) is 11.4 Å². The van der Waals surface area contributed by atoms with Crippen molar-refractivity contribution in [1.29, 1.82) is 0 Å². The maximum atomic E-state index is 13.3. The van der Waals surface area contributed by atoms with Crippen molar-refractivity contribution in [3.8, 4) is 28.3 Å². The van der Waals surface area contributed by atoms with E-state index in [1.54, 1.807) is 24.3 Å². The Hall–Kier alpha value is -5.80. The number of halogens is 1. The Bertz CT molecular complexity index is 2000. The summed E-state index contributed by atoms with van der Waals surface area (Å²) >= 11 is 0. The molecule has 0 aliphatic rings. The second-order valence-electron chi connectivity index (χ2n) is 11.5. The number of carboxylic acid groups (broad SMARTS) is 1. The van der Waals surface area contributed by atoms with E-state index in [0.717, 1.165) is 70.6 Å². The number of ether oxygens (including phenoxy) is 1. The van der Waals surface area contributed by atoms with Gasteiger partial charge in [-0.25, -0.2) is 14.0 Å². The fourth-order valence-corrected chi connectivity index (χ4v) is 5.48. The third-order valence-electron chi connectivity index (χ3n) is 8.19. The fraction of sp³-hybridized carbons (Fsp3) is 0.154. The molecule has 0 spiro atoms. The predicted octanol–water partition coefficient (Wildman–Crippen LogP) is 7.40. The van der Waals surface area contributed by atoms with Crippen molar-refractivity contribution in [2.24, 2.45) is 0 Å². The lowest BCUT2D eigenvalue weighted by Gasteiger charge is -2.23. The molecule has 6 aromatic rings. The van der Waals surface area contributed by atoms with Gasteiger partial charge in [-0.05, 0) is 76.6 Å². The maximum Gasteiger partial charge on any atom is 0.439 e. The van der Waals surface area contributed by atoms with Crippen molar-refractivity contribution in [3.05, 3.63) is 166 Å². The number of rotatable bonds is 14. The highest BCUT2D eigenvalue weighted by Crippen LogP contribution is 2.24. The minimum absolute atomic E-state index is 0.255. The predicted molar refractivity (Wildman–Crippen MR) is 181 cm³/mol. The molecule has 242 valence electrons. The minimum Gasteiger partial charge on any atom is -0.489 e. The highest BCUT2D eigenvalue weighted by molar-refractivity contribution is 5.87. The van der Waals surface area contributed by atoms with Crippen molar-refractivity contribution in [2.75, 3.05) is 13.1 Å². The monoisotopic (exact) mass is 643 g/mol. The third-order valence-corrected chi connectivity index (χ3v) is 8.19. The van der Waals surface area contributed by atoms with E-state index in [1.165, 1.54) is 12.1 Å². The number of para-hydroxylation sites is 1. The van der Waals surface area contributed by atoms with Crippen LogP contribution in [-0.2, 0) is 26.0 Å². The Balaban J connectivity index is 1.11. The second kappa shape index (κ2) is 15.2. The minimum atomic E-state index is -0.947. The van der Waals surface area contributed by atoms with Crippen LogP contribution in [-0.4, -0.2) is 39.2 Å². The van der Waals surface area contributed by atoms with E-state index in [9.17, 15) is 19.1 Å². The quantitative estimate of drug-likeness (QED) is 0.127. The molecular formula is C39H34FN3O5. The molecule has 0 saturated heterocycles. The van der Waals surface area contributed by atoms with Crippen LogP contribution in [0.5, 0.6) is 5.75 Å². The zero-order valence-corrected chi connectivity index (χ0v) is 26.1. The summed E-state index contributed by atoms with van der Waals surface area (Å²) in [6.45, 7) is 2.59. The summed E-state index contributed by atoms with van der Waals surface area (Å²) in [6.07, 6.45) is 1.54. The van der Waals surface area contributed by atoms with Crippen LogP contribution in [0, 0.1) is 5.82 Å². The van der Waals surface area contributed by atoms with Crippen LogP contribution < -0.4 is 10.5 Å². The number of hydrogen-bond donors (Lipinski definition) is 2. The van der Waals surface area contributed by atoms with Crippen LogP contribution in [0.2, 0.25) is 0 Å². The van der Waals surface area contributed by atoms with Gasteiger partial charge in [0.15, 0.2) is 5.82 Å². The summed E-state index contributed by atoms with van der Waals surface area (Å²) in [5, 5.41) is 13.1. The number of aromatic nitrogens is 2. The van der Waals surface area contributed by atoms with Crippen molar-refractivity contribution in [2.45, 2.75) is 26.0 Å². The largest absolute Gasteiger partial charge is 0.489 e. The van der Waals surface area contributed by atoms with Gasteiger partial charge in [-0.1, -0.05) is 96.2 Å². The van der Waals surface area contributed by atoms with Gasteiger partial charge in [-0.15, -0.1) is 0 Å². The van der Waals surface area contributed by atoms with Crippen molar-refractivity contribution < 1.29 is 23.6 Å². The lowest BCUT2D eigenvalue weighted by Crippen LogP contribution is -2.28. The molecule has 8 nitrogen and oxygen atoms in total. The zero-order chi connectivity index (χ0) is 33.3. The van der Waals surface area contributed by atoms with Crippen molar-refractivity contribution in [1.82, 2.24) is 15.0 Å².